The van der Waals surface area contributed by atoms with Crippen molar-refractivity contribution in [1.82, 2.24) is 4.90 Å². The molecular formula is C25H25N3O3. The topological polar surface area (TPSA) is 69.7 Å². The average Bonchev–Trinajstić information content (AvgIpc) is 3.47. The third kappa shape index (κ3) is 2.18. The first-order valence-corrected chi connectivity index (χ1v) is 11.1. The molecule has 158 valence electrons. The maximum atomic E-state index is 13.9. The summed E-state index contributed by atoms with van der Waals surface area (Å²) in [6.07, 6.45) is 2.61. The molecule has 6 rings (SSSR count). The smallest absolute Gasteiger partial charge is 0.250 e. The molecule has 3 saturated heterocycles. The quantitative estimate of drug-likeness (QED) is 0.766. The first kappa shape index (κ1) is 18.8. The van der Waals surface area contributed by atoms with Gasteiger partial charge in [-0.25, -0.2) is 4.90 Å². The minimum atomic E-state index is -1.10. The monoisotopic (exact) mass is 415 g/mol. The van der Waals surface area contributed by atoms with Crippen molar-refractivity contribution < 1.29 is 14.4 Å². The van der Waals surface area contributed by atoms with Gasteiger partial charge in [-0.3, -0.25) is 19.3 Å². The number of benzene rings is 2. The van der Waals surface area contributed by atoms with Crippen LogP contribution in [0.4, 0.5) is 11.4 Å². The van der Waals surface area contributed by atoms with Gasteiger partial charge in [0.1, 0.15) is 5.54 Å². The summed E-state index contributed by atoms with van der Waals surface area (Å²) < 4.78 is 0. The number of rotatable bonds is 2. The van der Waals surface area contributed by atoms with Gasteiger partial charge in [0, 0.05) is 17.3 Å². The number of carbonyl (C=O) groups is 3. The molecule has 3 fully saturated rings. The van der Waals surface area contributed by atoms with Gasteiger partial charge < -0.3 is 5.32 Å². The second kappa shape index (κ2) is 6.26. The number of hydrogen-bond acceptors (Lipinski definition) is 4. The minimum Gasteiger partial charge on any atom is -0.324 e. The summed E-state index contributed by atoms with van der Waals surface area (Å²) in [5.41, 5.74) is 3.32. The Kier molecular flexibility index (Phi) is 3.79. The Morgan fingerprint density at radius 1 is 1.06 bits per heavy atom. The second-order valence-electron chi connectivity index (χ2n) is 9.21. The number of nitrogens with zero attached hydrogens (tertiary/aromatic N) is 2. The summed E-state index contributed by atoms with van der Waals surface area (Å²) in [6.45, 7) is 4.78. The van der Waals surface area contributed by atoms with Gasteiger partial charge in [-0.1, -0.05) is 36.8 Å². The van der Waals surface area contributed by atoms with Crippen molar-refractivity contribution in [2.24, 2.45) is 11.8 Å². The molecule has 4 unspecified atom stereocenters. The van der Waals surface area contributed by atoms with E-state index < -0.39 is 17.4 Å². The van der Waals surface area contributed by atoms with Gasteiger partial charge in [-0.2, -0.15) is 0 Å². The Hall–Kier alpha value is -2.99. The number of aryl methyl sites for hydroxylation is 2. The first-order chi connectivity index (χ1) is 15.0. The molecule has 1 spiro atoms. The molecule has 0 radical (unpaired) electrons. The summed E-state index contributed by atoms with van der Waals surface area (Å²) in [5, 5.41) is 3.04. The molecule has 2 aromatic rings. The van der Waals surface area contributed by atoms with Crippen LogP contribution in [-0.4, -0.2) is 35.2 Å². The van der Waals surface area contributed by atoms with E-state index in [9.17, 15) is 14.4 Å². The zero-order valence-corrected chi connectivity index (χ0v) is 17.7. The van der Waals surface area contributed by atoms with Crippen LogP contribution < -0.4 is 10.2 Å². The third-order valence-corrected chi connectivity index (χ3v) is 7.76. The average molecular weight is 415 g/mol. The summed E-state index contributed by atoms with van der Waals surface area (Å²) in [4.78, 5) is 44.7. The second-order valence-corrected chi connectivity index (χ2v) is 9.21. The number of anilines is 2. The van der Waals surface area contributed by atoms with Crippen molar-refractivity contribution in [2.75, 3.05) is 16.8 Å². The molecular weight excluding hydrogens is 390 g/mol. The predicted molar refractivity (Wildman–Crippen MR) is 117 cm³/mol. The van der Waals surface area contributed by atoms with Gasteiger partial charge in [-0.05, 0) is 56.5 Å². The Morgan fingerprint density at radius 3 is 2.58 bits per heavy atom. The summed E-state index contributed by atoms with van der Waals surface area (Å²) in [6, 6.07) is 13.4. The molecule has 0 saturated carbocycles. The Labute approximate surface area is 181 Å². The molecule has 4 aliphatic rings. The van der Waals surface area contributed by atoms with Crippen molar-refractivity contribution in [3.8, 4) is 0 Å². The van der Waals surface area contributed by atoms with Crippen LogP contribution in [0.3, 0.4) is 0 Å². The molecule has 31 heavy (non-hydrogen) atoms. The molecule has 3 amide bonds. The molecule has 4 heterocycles. The van der Waals surface area contributed by atoms with E-state index in [1.54, 1.807) is 0 Å². The Bertz CT molecular complexity index is 1140. The lowest BCUT2D eigenvalue weighted by Gasteiger charge is -2.36. The van der Waals surface area contributed by atoms with E-state index in [1.165, 1.54) is 4.90 Å². The van der Waals surface area contributed by atoms with E-state index >= 15 is 0 Å². The lowest BCUT2D eigenvalue weighted by atomic mass is 9.75. The van der Waals surface area contributed by atoms with Gasteiger partial charge in [0.25, 0.3) is 0 Å². The highest BCUT2D eigenvalue weighted by molar-refractivity contribution is 6.25. The Morgan fingerprint density at radius 2 is 1.84 bits per heavy atom. The highest BCUT2D eigenvalue weighted by Crippen LogP contribution is 2.60. The lowest BCUT2D eigenvalue weighted by Crippen LogP contribution is -2.54. The number of fused-ring (bicyclic) bond motifs is 7. The molecule has 0 aromatic heterocycles. The van der Waals surface area contributed by atoms with E-state index in [2.05, 4.69) is 23.2 Å². The summed E-state index contributed by atoms with van der Waals surface area (Å²) >= 11 is 0. The fourth-order valence-electron chi connectivity index (χ4n) is 6.42. The van der Waals surface area contributed by atoms with Crippen molar-refractivity contribution >= 4 is 29.1 Å². The van der Waals surface area contributed by atoms with Gasteiger partial charge in [0.15, 0.2) is 0 Å². The highest BCUT2D eigenvalue weighted by atomic mass is 16.2. The highest BCUT2D eigenvalue weighted by Gasteiger charge is 2.74. The lowest BCUT2D eigenvalue weighted by molar-refractivity contribution is -0.135. The maximum absolute atomic E-state index is 13.9. The minimum absolute atomic E-state index is 0.0844. The number of nitrogens with one attached hydrogen (secondary N) is 1. The molecule has 4 atom stereocenters. The number of imide groups is 1. The van der Waals surface area contributed by atoms with Crippen molar-refractivity contribution in [3.63, 3.8) is 0 Å². The van der Waals surface area contributed by atoms with E-state index in [4.69, 9.17) is 0 Å². The third-order valence-electron chi connectivity index (χ3n) is 7.76. The molecule has 0 bridgehead atoms. The van der Waals surface area contributed by atoms with Crippen molar-refractivity contribution in [2.45, 2.75) is 44.7 Å². The Balaban J connectivity index is 1.55. The summed E-state index contributed by atoms with van der Waals surface area (Å²) in [7, 11) is 0. The van der Waals surface area contributed by atoms with Crippen LogP contribution in [0, 0.1) is 18.8 Å². The van der Waals surface area contributed by atoms with Crippen LogP contribution in [0.1, 0.15) is 36.5 Å². The van der Waals surface area contributed by atoms with Crippen LogP contribution in [0.5, 0.6) is 0 Å². The fraction of sp³-hybridized carbons (Fsp3) is 0.400. The van der Waals surface area contributed by atoms with E-state index in [-0.39, 0.29) is 23.8 Å². The molecule has 1 N–H and O–H groups in total. The zero-order valence-electron chi connectivity index (χ0n) is 17.7. The SMILES string of the molecule is CCc1ccc2c(c1)C1(C(=O)N2)C2C(=O)N(c3ccc(C)cc3)C(=O)C2C2CCCN21. The largest absolute Gasteiger partial charge is 0.324 e. The number of carbonyl (C=O) groups excluding carboxylic acids is 3. The van der Waals surface area contributed by atoms with Gasteiger partial charge in [0.05, 0.1) is 17.5 Å². The molecule has 6 heteroatoms. The van der Waals surface area contributed by atoms with Gasteiger partial charge >= 0.3 is 0 Å². The van der Waals surface area contributed by atoms with Crippen LogP contribution in [0.25, 0.3) is 0 Å². The van der Waals surface area contributed by atoms with Gasteiger partial charge in [-0.15, -0.1) is 0 Å². The first-order valence-electron chi connectivity index (χ1n) is 11.1. The molecule has 4 aliphatic heterocycles. The number of hydrogen-bond donors (Lipinski definition) is 1. The van der Waals surface area contributed by atoms with Crippen LogP contribution >= 0.6 is 0 Å². The van der Waals surface area contributed by atoms with Crippen LogP contribution in [-0.2, 0) is 26.3 Å². The van der Waals surface area contributed by atoms with Crippen molar-refractivity contribution in [1.29, 1.82) is 0 Å². The predicted octanol–water partition coefficient (Wildman–Crippen LogP) is 2.99. The maximum Gasteiger partial charge on any atom is 0.250 e. The normalized spacial score (nSPS) is 31.4. The molecule has 6 nitrogen and oxygen atoms in total. The van der Waals surface area contributed by atoms with Gasteiger partial charge in [0.2, 0.25) is 17.7 Å². The summed E-state index contributed by atoms with van der Waals surface area (Å²) in [5.74, 6) is -1.76. The van der Waals surface area contributed by atoms with E-state index in [0.29, 0.717) is 5.69 Å². The standard InChI is InChI=1S/C25H25N3O3/c1-3-15-8-11-18-17(13-15)25(24(31)26-18)21-20(19-5-4-12-27(19)25)22(29)28(23(21)30)16-9-6-14(2)7-10-16/h6-11,13,19-21H,3-5,12H2,1-2H3,(H,26,31). The van der Waals surface area contributed by atoms with E-state index in [1.807, 2.05) is 43.3 Å². The van der Waals surface area contributed by atoms with Crippen LogP contribution in [0.15, 0.2) is 42.5 Å². The van der Waals surface area contributed by atoms with Crippen molar-refractivity contribution in [3.05, 3.63) is 59.2 Å². The zero-order chi connectivity index (χ0) is 21.5. The van der Waals surface area contributed by atoms with Crippen LogP contribution in [0.2, 0.25) is 0 Å². The number of amides is 3. The fourth-order valence-corrected chi connectivity index (χ4v) is 6.42. The molecule has 2 aromatic carbocycles. The molecule has 0 aliphatic carbocycles. The van der Waals surface area contributed by atoms with E-state index in [0.717, 1.165) is 48.2 Å².